The third-order valence-electron chi connectivity index (χ3n) is 5.85. The van der Waals surface area contributed by atoms with Crippen molar-refractivity contribution < 1.29 is 0 Å². The Morgan fingerprint density at radius 2 is 2.00 bits per heavy atom. The van der Waals surface area contributed by atoms with E-state index in [0.717, 1.165) is 62.7 Å². The molecular weight excluding hydrogens is 330 g/mol. The number of fused-ring (bicyclic) bond motifs is 1. The van der Waals surface area contributed by atoms with Gasteiger partial charge in [-0.3, -0.25) is 9.59 Å². The molecule has 3 aliphatic rings. The van der Waals surface area contributed by atoms with Gasteiger partial charge in [0.05, 0.1) is 18.3 Å². The van der Waals surface area contributed by atoms with Crippen LogP contribution in [0.25, 0.3) is 0 Å². The van der Waals surface area contributed by atoms with E-state index in [-0.39, 0.29) is 17.2 Å². The van der Waals surface area contributed by atoms with Crippen LogP contribution in [-0.4, -0.2) is 31.9 Å². The van der Waals surface area contributed by atoms with Gasteiger partial charge in [0.2, 0.25) is 0 Å². The van der Waals surface area contributed by atoms with Gasteiger partial charge >= 0.3 is 0 Å². The summed E-state index contributed by atoms with van der Waals surface area (Å²) in [6.07, 6.45) is 10.6. The van der Waals surface area contributed by atoms with Crippen LogP contribution in [0.3, 0.4) is 0 Å². The van der Waals surface area contributed by atoms with Crippen molar-refractivity contribution in [3.63, 3.8) is 0 Å². The summed E-state index contributed by atoms with van der Waals surface area (Å²) in [5.41, 5.74) is 2.12. The van der Waals surface area contributed by atoms with Crippen LogP contribution in [0, 0.1) is 0 Å². The number of hydrogen-bond donors (Lipinski definition) is 0. The summed E-state index contributed by atoms with van der Waals surface area (Å²) in [6, 6.07) is 2.18. The molecule has 0 radical (unpaired) electrons. The summed E-state index contributed by atoms with van der Waals surface area (Å²) in [4.78, 5) is 31.7. The Labute approximate surface area is 151 Å². The minimum Gasteiger partial charge on any atom is -0.347 e. The third-order valence-corrected chi connectivity index (χ3v) is 5.85. The topological polar surface area (TPSA) is 73.0 Å². The summed E-state index contributed by atoms with van der Waals surface area (Å²) in [6.45, 7) is 1.33. The highest BCUT2D eigenvalue weighted by Gasteiger charge is 2.31. The van der Waals surface area contributed by atoms with Crippen molar-refractivity contribution in [2.75, 3.05) is 11.4 Å². The maximum absolute atomic E-state index is 12.8. The molecule has 7 nitrogen and oxygen atoms in total. The zero-order chi connectivity index (χ0) is 17.7. The molecule has 0 spiro atoms. The molecule has 0 aromatic carbocycles. The van der Waals surface area contributed by atoms with Gasteiger partial charge in [0.15, 0.2) is 5.82 Å². The van der Waals surface area contributed by atoms with Gasteiger partial charge in [-0.15, -0.1) is 0 Å². The molecule has 26 heavy (non-hydrogen) atoms. The van der Waals surface area contributed by atoms with Crippen LogP contribution in [0.15, 0.2) is 28.0 Å². The standard InChI is InChI=1S/C19H23N5O2/c25-17-11-13-3-1-5-16(13)21-24(17)12-15-4-2-9-22(15)18-19(26)23(10-8-20-18)14-6-7-14/h8,10-11,14-15H,1-7,9,12H2. The first-order chi connectivity index (χ1) is 12.7. The summed E-state index contributed by atoms with van der Waals surface area (Å²) < 4.78 is 3.41. The van der Waals surface area contributed by atoms with E-state index in [9.17, 15) is 9.59 Å². The molecule has 1 unspecified atom stereocenters. The molecule has 5 rings (SSSR count). The fourth-order valence-corrected chi connectivity index (χ4v) is 4.33. The molecule has 3 heterocycles. The van der Waals surface area contributed by atoms with Gasteiger partial charge in [0, 0.05) is 31.0 Å². The minimum absolute atomic E-state index is 0.00356. The van der Waals surface area contributed by atoms with E-state index in [1.165, 1.54) is 0 Å². The third kappa shape index (κ3) is 2.66. The molecule has 2 aromatic heterocycles. The highest BCUT2D eigenvalue weighted by Crippen LogP contribution is 2.33. The molecule has 1 atom stereocenters. The summed E-state index contributed by atoms with van der Waals surface area (Å²) >= 11 is 0. The fraction of sp³-hybridized carbons (Fsp3) is 0.579. The first-order valence-electron chi connectivity index (χ1n) is 9.64. The van der Waals surface area contributed by atoms with E-state index in [1.807, 2.05) is 4.57 Å². The molecule has 1 saturated carbocycles. The van der Waals surface area contributed by atoms with Gasteiger partial charge < -0.3 is 9.47 Å². The average molecular weight is 353 g/mol. The molecule has 2 aromatic rings. The van der Waals surface area contributed by atoms with Gasteiger partial charge in [0.1, 0.15) is 0 Å². The zero-order valence-electron chi connectivity index (χ0n) is 14.8. The van der Waals surface area contributed by atoms with Crippen molar-refractivity contribution in [1.82, 2.24) is 19.3 Å². The maximum atomic E-state index is 12.8. The fourth-order valence-electron chi connectivity index (χ4n) is 4.33. The minimum atomic E-state index is -0.0334. The van der Waals surface area contributed by atoms with Crippen molar-refractivity contribution >= 4 is 5.82 Å². The Balaban J connectivity index is 1.44. The van der Waals surface area contributed by atoms with Gasteiger partial charge in [-0.25, -0.2) is 9.67 Å². The quantitative estimate of drug-likeness (QED) is 0.828. The predicted octanol–water partition coefficient (Wildman–Crippen LogP) is 1.29. The van der Waals surface area contributed by atoms with Crippen LogP contribution >= 0.6 is 0 Å². The molecule has 0 amide bonds. The second kappa shape index (κ2) is 6.07. The number of aromatic nitrogens is 4. The second-order valence-electron chi connectivity index (χ2n) is 7.67. The lowest BCUT2D eigenvalue weighted by Crippen LogP contribution is -2.41. The molecular formula is C19H23N5O2. The maximum Gasteiger partial charge on any atom is 0.293 e. The molecule has 1 saturated heterocycles. The summed E-state index contributed by atoms with van der Waals surface area (Å²) in [5.74, 6) is 0.524. The highest BCUT2D eigenvalue weighted by atomic mass is 16.1. The van der Waals surface area contributed by atoms with E-state index < -0.39 is 0 Å². The number of anilines is 1. The smallest absolute Gasteiger partial charge is 0.293 e. The molecule has 0 bridgehead atoms. The van der Waals surface area contributed by atoms with Crippen molar-refractivity contribution in [2.24, 2.45) is 0 Å². The Kier molecular flexibility index (Phi) is 3.69. The molecule has 136 valence electrons. The van der Waals surface area contributed by atoms with E-state index in [2.05, 4.69) is 15.0 Å². The first-order valence-corrected chi connectivity index (χ1v) is 9.64. The lowest BCUT2D eigenvalue weighted by atomic mass is 10.2. The van der Waals surface area contributed by atoms with Crippen LogP contribution in [0.1, 0.15) is 49.4 Å². The monoisotopic (exact) mass is 353 g/mol. The zero-order valence-corrected chi connectivity index (χ0v) is 14.8. The van der Waals surface area contributed by atoms with Crippen molar-refractivity contribution in [1.29, 1.82) is 0 Å². The van der Waals surface area contributed by atoms with E-state index in [4.69, 9.17) is 0 Å². The molecule has 2 aliphatic carbocycles. The normalized spacial score (nSPS) is 22.0. The van der Waals surface area contributed by atoms with Crippen molar-refractivity contribution in [3.05, 3.63) is 50.4 Å². The highest BCUT2D eigenvalue weighted by molar-refractivity contribution is 5.39. The average Bonchev–Trinajstić information content (AvgIpc) is 3.21. The van der Waals surface area contributed by atoms with Gasteiger partial charge in [-0.05, 0) is 50.5 Å². The van der Waals surface area contributed by atoms with Gasteiger partial charge in [-0.1, -0.05) is 0 Å². The van der Waals surface area contributed by atoms with Gasteiger partial charge in [-0.2, -0.15) is 5.10 Å². The molecule has 2 fully saturated rings. The van der Waals surface area contributed by atoms with Crippen LogP contribution in [0.5, 0.6) is 0 Å². The lowest BCUT2D eigenvalue weighted by molar-refractivity contribution is 0.480. The van der Waals surface area contributed by atoms with Crippen LogP contribution < -0.4 is 16.0 Å². The second-order valence-corrected chi connectivity index (χ2v) is 7.67. The number of rotatable bonds is 4. The Hall–Kier alpha value is -2.44. The van der Waals surface area contributed by atoms with E-state index in [1.54, 1.807) is 23.1 Å². The lowest BCUT2D eigenvalue weighted by Gasteiger charge is -2.25. The summed E-state index contributed by atoms with van der Waals surface area (Å²) in [7, 11) is 0. The first kappa shape index (κ1) is 15.8. The van der Waals surface area contributed by atoms with Crippen LogP contribution in [0.4, 0.5) is 5.82 Å². The van der Waals surface area contributed by atoms with E-state index >= 15 is 0 Å². The van der Waals surface area contributed by atoms with Crippen LogP contribution in [0.2, 0.25) is 0 Å². The number of hydrogen-bond acceptors (Lipinski definition) is 5. The van der Waals surface area contributed by atoms with Crippen molar-refractivity contribution in [3.8, 4) is 0 Å². The Morgan fingerprint density at radius 1 is 1.12 bits per heavy atom. The SMILES string of the molecule is O=c1c(N2CCCC2Cn2nc3c(cc2=O)CCC3)nccn1C1CC1. The Morgan fingerprint density at radius 3 is 2.85 bits per heavy atom. The molecule has 1 aliphatic heterocycles. The molecule has 0 N–H and O–H groups in total. The largest absolute Gasteiger partial charge is 0.347 e. The van der Waals surface area contributed by atoms with E-state index in [0.29, 0.717) is 18.4 Å². The summed E-state index contributed by atoms with van der Waals surface area (Å²) in [5, 5.41) is 4.60. The van der Waals surface area contributed by atoms with Crippen LogP contribution in [-0.2, 0) is 19.4 Å². The van der Waals surface area contributed by atoms with Crippen molar-refractivity contribution in [2.45, 2.75) is 63.6 Å². The predicted molar refractivity (Wildman–Crippen MR) is 97.7 cm³/mol. The molecule has 7 heteroatoms. The Bertz CT molecular complexity index is 959. The number of aryl methyl sites for hydroxylation is 2. The number of nitrogens with zero attached hydrogens (tertiary/aromatic N) is 5. The van der Waals surface area contributed by atoms with Gasteiger partial charge in [0.25, 0.3) is 11.1 Å².